The van der Waals surface area contributed by atoms with Gasteiger partial charge in [-0.05, 0) is 46.8 Å². The average Bonchev–Trinajstić information content (AvgIpc) is 3.35. The molecule has 3 heterocycles. The lowest BCUT2D eigenvalue weighted by Gasteiger charge is -2.11. The second-order valence-corrected chi connectivity index (χ2v) is 9.43. The first-order chi connectivity index (χ1) is 18.3. The molecule has 0 aliphatic rings. The van der Waals surface area contributed by atoms with E-state index in [1.165, 1.54) is 10.9 Å². The number of aromatic nitrogens is 2. The highest BCUT2D eigenvalue weighted by atomic mass is 16.3. The van der Waals surface area contributed by atoms with Gasteiger partial charge in [0.05, 0.1) is 16.7 Å². The molecule has 0 fully saturated rings. The van der Waals surface area contributed by atoms with Crippen LogP contribution in [0.1, 0.15) is 0 Å². The summed E-state index contributed by atoms with van der Waals surface area (Å²) in [6, 6.07) is 40.2. The molecular formula is C34H20N2O. The van der Waals surface area contributed by atoms with Crippen molar-refractivity contribution in [3.63, 3.8) is 0 Å². The highest BCUT2D eigenvalue weighted by molar-refractivity contribution is 6.19. The minimum atomic E-state index is 0.912. The fraction of sp³-hybridized carbons (Fsp3) is 0. The molecule has 0 bridgehead atoms. The second kappa shape index (κ2) is 7.74. The fourth-order valence-electron chi connectivity index (χ4n) is 5.52. The maximum Gasteiger partial charge on any atom is 0.143 e. The highest BCUT2D eigenvalue weighted by Gasteiger charge is 2.15. The van der Waals surface area contributed by atoms with Gasteiger partial charge in [0.25, 0.3) is 0 Å². The second-order valence-electron chi connectivity index (χ2n) is 9.43. The number of para-hydroxylation sites is 1. The lowest BCUT2D eigenvalue weighted by molar-refractivity contribution is 0.672. The molecule has 0 spiro atoms. The number of fused-ring (bicyclic) bond motifs is 8. The summed E-state index contributed by atoms with van der Waals surface area (Å²) in [6.07, 6.45) is 1.83. The number of hydrogen-bond acceptors (Lipinski definition) is 3. The first-order valence-corrected chi connectivity index (χ1v) is 12.4. The Kier molecular flexibility index (Phi) is 4.23. The smallest absolute Gasteiger partial charge is 0.143 e. The maximum absolute atomic E-state index is 6.31. The summed E-state index contributed by atoms with van der Waals surface area (Å²) >= 11 is 0. The van der Waals surface area contributed by atoms with E-state index in [1.807, 2.05) is 24.4 Å². The molecule has 0 radical (unpaired) electrons. The Balaban J connectivity index is 1.36. The van der Waals surface area contributed by atoms with E-state index in [0.29, 0.717) is 0 Å². The number of hydrogen-bond donors (Lipinski definition) is 0. The SMILES string of the molecule is c1cc(-c2ccc3ccc4cccnc4c3n2)cc(-c2cc3c4ccccc4oc3c3ccccc23)c1. The van der Waals surface area contributed by atoms with Crippen molar-refractivity contribution >= 4 is 54.5 Å². The monoisotopic (exact) mass is 472 g/mol. The molecule has 0 unspecified atom stereocenters. The normalized spacial score (nSPS) is 11.8. The van der Waals surface area contributed by atoms with Crippen molar-refractivity contribution in [1.82, 2.24) is 9.97 Å². The zero-order valence-electron chi connectivity index (χ0n) is 19.8. The van der Waals surface area contributed by atoms with Gasteiger partial charge >= 0.3 is 0 Å². The van der Waals surface area contributed by atoms with Gasteiger partial charge in [0, 0.05) is 38.7 Å². The topological polar surface area (TPSA) is 38.9 Å². The third-order valence-electron chi connectivity index (χ3n) is 7.29. The van der Waals surface area contributed by atoms with Crippen LogP contribution in [0.5, 0.6) is 0 Å². The summed E-state index contributed by atoms with van der Waals surface area (Å²) in [5, 5.41) is 6.76. The van der Waals surface area contributed by atoms with Crippen LogP contribution in [0.4, 0.5) is 0 Å². The van der Waals surface area contributed by atoms with Crippen molar-refractivity contribution in [2.45, 2.75) is 0 Å². The van der Waals surface area contributed by atoms with Crippen LogP contribution in [0.15, 0.2) is 126 Å². The van der Waals surface area contributed by atoms with Crippen LogP contribution < -0.4 is 0 Å². The summed E-state index contributed by atoms with van der Waals surface area (Å²) in [4.78, 5) is 9.70. The van der Waals surface area contributed by atoms with Gasteiger partial charge in [-0.3, -0.25) is 4.98 Å². The van der Waals surface area contributed by atoms with Crippen molar-refractivity contribution in [2.24, 2.45) is 0 Å². The fourth-order valence-corrected chi connectivity index (χ4v) is 5.52. The molecule has 37 heavy (non-hydrogen) atoms. The zero-order valence-corrected chi connectivity index (χ0v) is 19.8. The van der Waals surface area contributed by atoms with Gasteiger partial charge in [0.15, 0.2) is 0 Å². The minimum absolute atomic E-state index is 0.912. The standard InChI is InChI=1S/C34H20N2O/c1-2-12-27-25(10-1)28(20-29-26-11-3-4-13-31(26)37-34(27)29)23-7-5-8-24(19-23)30-17-16-22-15-14-21-9-6-18-35-32(21)33(22)36-30/h1-20H. The van der Waals surface area contributed by atoms with E-state index >= 15 is 0 Å². The Bertz CT molecular complexity index is 2160. The average molecular weight is 473 g/mol. The number of nitrogens with zero attached hydrogens (tertiary/aromatic N) is 2. The predicted octanol–water partition coefficient (Wildman–Crippen LogP) is 9.17. The third kappa shape index (κ3) is 3.08. The summed E-state index contributed by atoms with van der Waals surface area (Å²) < 4.78 is 6.31. The van der Waals surface area contributed by atoms with E-state index in [1.54, 1.807) is 0 Å². The molecule has 0 saturated heterocycles. The molecule has 0 saturated carbocycles. The Morgan fingerprint density at radius 1 is 0.514 bits per heavy atom. The molecule has 8 aromatic rings. The lowest BCUT2D eigenvalue weighted by atomic mass is 9.94. The molecule has 0 aliphatic carbocycles. The Labute approximate surface area is 212 Å². The van der Waals surface area contributed by atoms with E-state index < -0.39 is 0 Å². The van der Waals surface area contributed by atoms with Crippen LogP contribution in [0.3, 0.4) is 0 Å². The molecule has 3 heteroatoms. The minimum Gasteiger partial charge on any atom is -0.455 e. The highest BCUT2D eigenvalue weighted by Crippen LogP contribution is 2.40. The molecular weight excluding hydrogens is 452 g/mol. The van der Waals surface area contributed by atoms with Crippen LogP contribution in [0.2, 0.25) is 0 Å². The van der Waals surface area contributed by atoms with Crippen molar-refractivity contribution in [3.8, 4) is 22.4 Å². The summed E-state index contributed by atoms with van der Waals surface area (Å²) in [6.45, 7) is 0. The molecule has 172 valence electrons. The molecule has 5 aromatic carbocycles. The van der Waals surface area contributed by atoms with Gasteiger partial charge in [-0.2, -0.15) is 0 Å². The van der Waals surface area contributed by atoms with Crippen LogP contribution in [-0.4, -0.2) is 9.97 Å². The van der Waals surface area contributed by atoms with E-state index in [4.69, 9.17) is 9.40 Å². The molecule has 0 amide bonds. The molecule has 0 N–H and O–H groups in total. The van der Waals surface area contributed by atoms with Crippen LogP contribution >= 0.6 is 0 Å². The molecule has 8 rings (SSSR count). The van der Waals surface area contributed by atoms with Crippen molar-refractivity contribution in [1.29, 1.82) is 0 Å². The maximum atomic E-state index is 6.31. The Morgan fingerprint density at radius 3 is 2.19 bits per heavy atom. The quantitative estimate of drug-likeness (QED) is 0.235. The van der Waals surface area contributed by atoms with Crippen LogP contribution in [0.25, 0.3) is 76.9 Å². The Hall–Kier alpha value is -5.02. The summed E-state index contributed by atoms with van der Waals surface area (Å²) in [5.41, 5.74) is 8.06. The van der Waals surface area contributed by atoms with Gasteiger partial charge in [-0.25, -0.2) is 4.98 Å². The number of rotatable bonds is 2. The first-order valence-electron chi connectivity index (χ1n) is 12.4. The Morgan fingerprint density at radius 2 is 1.27 bits per heavy atom. The molecule has 3 aromatic heterocycles. The number of furan rings is 1. The zero-order chi connectivity index (χ0) is 24.3. The van der Waals surface area contributed by atoms with Gasteiger partial charge in [-0.1, -0.05) is 84.9 Å². The van der Waals surface area contributed by atoms with Crippen molar-refractivity contribution in [2.75, 3.05) is 0 Å². The van der Waals surface area contributed by atoms with Crippen LogP contribution in [-0.2, 0) is 0 Å². The first kappa shape index (κ1) is 20.2. The number of benzene rings is 5. The summed E-state index contributed by atoms with van der Waals surface area (Å²) in [7, 11) is 0. The van der Waals surface area contributed by atoms with E-state index in [0.717, 1.165) is 66.0 Å². The van der Waals surface area contributed by atoms with Crippen molar-refractivity contribution in [3.05, 3.63) is 121 Å². The largest absolute Gasteiger partial charge is 0.455 e. The van der Waals surface area contributed by atoms with Gasteiger partial charge in [0.2, 0.25) is 0 Å². The lowest BCUT2D eigenvalue weighted by Crippen LogP contribution is -1.89. The third-order valence-corrected chi connectivity index (χ3v) is 7.29. The van der Waals surface area contributed by atoms with E-state index in [-0.39, 0.29) is 0 Å². The van der Waals surface area contributed by atoms with E-state index in [9.17, 15) is 0 Å². The summed E-state index contributed by atoms with van der Waals surface area (Å²) in [5.74, 6) is 0. The van der Waals surface area contributed by atoms with Gasteiger partial charge < -0.3 is 4.42 Å². The predicted molar refractivity (Wildman–Crippen MR) is 153 cm³/mol. The number of pyridine rings is 2. The molecule has 0 aliphatic heterocycles. The van der Waals surface area contributed by atoms with Crippen LogP contribution in [0, 0.1) is 0 Å². The molecule has 0 atom stereocenters. The van der Waals surface area contributed by atoms with Gasteiger partial charge in [0.1, 0.15) is 11.2 Å². The van der Waals surface area contributed by atoms with E-state index in [2.05, 4.69) is 102 Å². The molecule has 3 nitrogen and oxygen atoms in total. The van der Waals surface area contributed by atoms with Crippen molar-refractivity contribution < 1.29 is 4.42 Å². The van der Waals surface area contributed by atoms with Gasteiger partial charge in [-0.15, -0.1) is 0 Å².